The first-order valence-corrected chi connectivity index (χ1v) is 5.99. The summed E-state index contributed by atoms with van der Waals surface area (Å²) in [6.45, 7) is 3.77. The fourth-order valence-corrected chi connectivity index (χ4v) is 1.73. The van der Waals surface area contributed by atoms with Crippen LogP contribution in [0.1, 0.15) is 34.6 Å². The lowest BCUT2D eigenvalue weighted by molar-refractivity contribution is 0.0696. The molecule has 0 bridgehead atoms. The standard InChI is InChI=1S/C15H15NO3/c1-10-6-7-12(15(17)18)9-14(10)19-11(2)13-5-3-4-8-16-13/h3-9,11H,1-2H3,(H,17,18). The molecule has 0 radical (unpaired) electrons. The minimum Gasteiger partial charge on any atom is -0.484 e. The van der Waals surface area contributed by atoms with Crippen LogP contribution in [0.2, 0.25) is 0 Å². The van der Waals surface area contributed by atoms with Gasteiger partial charge in [0.1, 0.15) is 11.9 Å². The largest absolute Gasteiger partial charge is 0.484 e. The maximum atomic E-state index is 11.0. The van der Waals surface area contributed by atoms with Crippen LogP contribution in [-0.4, -0.2) is 16.1 Å². The van der Waals surface area contributed by atoms with E-state index in [0.717, 1.165) is 11.3 Å². The van der Waals surface area contributed by atoms with Crippen LogP contribution < -0.4 is 4.74 Å². The third kappa shape index (κ3) is 3.10. The average molecular weight is 257 g/mol. The number of aryl methyl sites for hydroxylation is 1. The van der Waals surface area contributed by atoms with E-state index in [1.54, 1.807) is 18.3 Å². The van der Waals surface area contributed by atoms with Gasteiger partial charge >= 0.3 is 5.97 Å². The smallest absolute Gasteiger partial charge is 0.335 e. The summed E-state index contributed by atoms with van der Waals surface area (Å²) in [6, 6.07) is 10.5. The van der Waals surface area contributed by atoms with Crippen LogP contribution in [0, 0.1) is 6.92 Å². The zero-order valence-electron chi connectivity index (χ0n) is 10.8. The number of aromatic nitrogens is 1. The fourth-order valence-electron chi connectivity index (χ4n) is 1.73. The van der Waals surface area contributed by atoms with Crippen molar-refractivity contribution in [2.24, 2.45) is 0 Å². The average Bonchev–Trinajstić information content (AvgIpc) is 2.42. The molecule has 0 amide bonds. The summed E-state index contributed by atoms with van der Waals surface area (Å²) in [5, 5.41) is 8.98. The number of carboxylic acid groups (broad SMARTS) is 1. The molecule has 2 aromatic rings. The van der Waals surface area contributed by atoms with Crippen molar-refractivity contribution in [2.75, 3.05) is 0 Å². The molecule has 4 nitrogen and oxygen atoms in total. The maximum Gasteiger partial charge on any atom is 0.335 e. The summed E-state index contributed by atoms with van der Waals surface area (Å²) >= 11 is 0. The Balaban J connectivity index is 2.23. The number of nitrogens with zero attached hydrogens (tertiary/aromatic N) is 1. The van der Waals surface area contributed by atoms with Gasteiger partial charge in [-0.05, 0) is 43.7 Å². The topological polar surface area (TPSA) is 59.4 Å². The van der Waals surface area contributed by atoms with E-state index >= 15 is 0 Å². The number of hydrogen-bond donors (Lipinski definition) is 1. The molecule has 1 N–H and O–H groups in total. The van der Waals surface area contributed by atoms with E-state index in [4.69, 9.17) is 9.84 Å². The number of hydrogen-bond acceptors (Lipinski definition) is 3. The first-order valence-electron chi connectivity index (χ1n) is 5.99. The lowest BCUT2D eigenvalue weighted by Crippen LogP contribution is -2.07. The number of benzene rings is 1. The summed E-state index contributed by atoms with van der Waals surface area (Å²) in [6.07, 6.45) is 1.47. The van der Waals surface area contributed by atoms with Gasteiger partial charge in [0.15, 0.2) is 0 Å². The van der Waals surface area contributed by atoms with Gasteiger partial charge in [0.05, 0.1) is 11.3 Å². The van der Waals surface area contributed by atoms with Crippen molar-refractivity contribution in [3.63, 3.8) is 0 Å². The van der Waals surface area contributed by atoms with E-state index in [1.165, 1.54) is 6.07 Å². The van der Waals surface area contributed by atoms with Gasteiger partial charge < -0.3 is 9.84 Å². The zero-order chi connectivity index (χ0) is 13.8. The Labute approximate surface area is 111 Å². The molecule has 2 rings (SSSR count). The quantitative estimate of drug-likeness (QED) is 0.913. The molecule has 1 aromatic carbocycles. The van der Waals surface area contributed by atoms with Crippen LogP contribution in [0.5, 0.6) is 5.75 Å². The van der Waals surface area contributed by atoms with Gasteiger partial charge in [0.2, 0.25) is 0 Å². The van der Waals surface area contributed by atoms with E-state index in [-0.39, 0.29) is 11.7 Å². The molecule has 0 aliphatic heterocycles. The highest BCUT2D eigenvalue weighted by Gasteiger charge is 2.12. The number of pyridine rings is 1. The highest BCUT2D eigenvalue weighted by molar-refractivity contribution is 5.88. The molecule has 1 aromatic heterocycles. The van der Waals surface area contributed by atoms with E-state index in [1.807, 2.05) is 32.0 Å². The Bertz CT molecular complexity index is 581. The van der Waals surface area contributed by atoms with E-state index in [2.05, 4.69) is 4.98 Å². The molecule has 1 heterocycles. The molecule has 0 saturated carbocycles. The highest BCUT2D eigenvalue weighted by atomic mass is 16.5. The Kier molecular flexibility index (Phi) is 3.80. The van der Waals surface area contributed by atoms with Crippen molar-refractivity contribution < 1.29 is 14.6 Å². The zero-order valence-corrected chi connectivity index (χ0v) is 10.8. The maximum absolute atomic E-state index is 11.0. The minimum absolute atomic E-state index is 0.217. The molecule has 0 aliphatic rings. The molecule has 0 spiro atoms. The molecule has 1 atom stereocenters. The Hall–Kier alpha value is -2.36. The van der Waals surface area contributed by atoms with Crippen LogP contribution in [0.15, 0.2) is 42.6 Å². The van der Waals surface area contributed by atoms with Crippen molar-refractivity contribution in [3.8, 4) is 5.75 Å². The third-order valence-corrected chi connectivity index (χ3v) is 2.84. The van der Waals surface area contributed by atoms with Gasteiger partial charge in [0.25, 0.3) is 0 Å². The van der Waals surface area contributed by atoms with Crippen molar-refractivity contribution in [1.29, 1.82) is 0 Å². The van der Waals surface area contributed by atoms with Crippen molar-refractivity contribution in [3.05, 3.63) is 59.4 Å². The van der Waals surface area contributed by atoms with Gasteiger partial charge in [-0.3, -0.25) is 4.98 Å². The predicted octanol–water partition coefficient (Wildman–Crippen LogP) is 3.23. The van der Waals surface area contributed by atoms with E-state index in [9.17, 15) is 4.79 Å². The lowest BCUT2D eigenvalue weighted by Gasteiger charge is -2.16. The summed E-state index contributed by atoms with van der Waals surface area (Å²) in [7, 11) is 0. The molecular formula is C15H15NO3. The Morgan fingerprint density at radius 1 is 1.32 bits per heavy atom. The van der Waals surface area contributed by atoms with E-state index in [0.29, 0.717) is 5.75 Å². The summed E-state index contributed by atoms with van der Waals surface area (Å²) in [4.78, 5) is 15.2. The molecule has 0 saturated heterocycles. The van der Waals surface area contributed by atoms with Crippen LogP contribution in [0.25, 0.3) is 0 Å². The third-order valence-electron chi connectivity index (χ3n) is 2.84. The normalized spacial score (nSPS) is 11.9. The molecule has 0 aliphatic carbocycles. The number of carboxylic acids is 1. The van der Waals surface area contributed by atoms with Gasteiger partial charge in [-0.15, -0.1) is 0 Å². The second-order valence-electron chi connectivity index (χ2n) is 4.30. The van der Waals surface area contributed by atoms with Gasteiger partial charge in [-0.25, -0.2) is 4.79 Å². The molecule has 0 fully saturated rings. The van der Waals surface area contributed by atoms with Crippen molar-refractivity contribution in [2.45, 2.75) is 20.0 Å². The van der Waals surface area contributed by atoms with Crippen molar-refractivity contribution in [1.82, 2.24) is 4.98 Å². The van der Waals surface area contributed by atoms with Crippen LogP contribution in [-0.2, 0) is 0 Å². The number of carbonyl (C=O) groups is 1. The van der Waals surface area contributed by atoms with E-state index < -0.39 is 5.97 Å². The Morgan fingerprint density at radius 2 is 2.11 bits per heavy atom. The SMILES string of the molecule is Cc1ccc(C(=O)O)cc1OC(C)c1ccccn1. The van der Waals surface area contributed by atoms with Gasteiger partial charge in [-0.1, -0.05) is 12.1 Å². The first-order chi connectivity index (χ1) is 9.08. The lowest BCUT2D eigenvalue weighted by atomic mass is 10.1. The number of ether oxygens (including phenoxy) is 1. The number of aromatic carboxylic acids is 1. The second-order valence-corrected chi connectivity index (χ2v) is 4.30. The molecular weight excluding hydrogens is 242 g/mol. The summed E-state index contributed by atoms with van der Waals surface area (Å²) < 4.78 is 5.80. The minimum atomic E-state index is -0.963. The van der Waals surface area contributed by atoms with Crippen LogP contribution in [0.3, 0.4) is 0 Å². The molecule has 4 heteroatoms. The van der Waals surface area contributed by atoms with Crippen LogP contribution in [0.4, 0.5) is 0 Å². The fraction of sp³-hybridized carbons (Fsp3) is 0.200. The van der Waals surface area contributed by atoms with Crippen molar-refractivity contribution >= 4 is 5.97 Å². The highest BCUT2D eigenvalue weighted by Crippen LogP contribution is 2.25. The molecule has 98 valence electrons. The second kappa shape index (κ2) is 5.52. The summed E-state index contributed by atoms with van der Waals surface area (Å²) in [5.74, 6) is -0.395. The number of rotatable bonds is 4. The Morgan fingerprint density at radius 3 is 2.74 bits per heavy atom. The first kappa shape index (κ1) is 13.1. The predicted molar refractivity (Wildman–Crippen MR) is 71.4 cm³/mol. The van der Waals surface area contributed by atoms with Crippen LogP contribution >= 0.6 is 0 Å². The van der Waals surface area contributed by atoms with Gasteiger partial charge in [-0.2, -0.15) is 0 Å². The molecule has 1 unspecified atom stereocenters. The van der Waals surface area contributed by atoms with Gasteiger partial charge in [0, 0.05) is 6.20 Å². The summed E-state index contributed by atoms with van der Waals surface area (Å²) in [5.41, 5.74) is 1.92. The monoisotopic (exact) mass is 257 g/mol. The molecule has 19 heavy (non-hydrogen) atoms.